The minimum absolute atomic E-state index is 0.205. The fourth-order valence-electron chi connectivity index (χ4n) is 3.97. The normalized spacial score (nSPS) is 20.1. The van der Waals surface area contributed by atoms with Crippen LogP contribution in [0.5, 0.6) is 0 Å². The van der Waals surface area contributed by atoms with Crippen LogP contribution >= 0.6 is 0 Å². The summed E-state index contributed by atoms with van der Waals surface area (Å²) in [5.74, 6) is 3.08. The standard InChI is InChI=1S/C20H27N7O/c1-12(2)27-14(4)23-16-11-22-19(10-17(16)27)24-18-5-7-21-20(25-18)26-8-6-15(28)9-13(26)3/h5,7,10-13,15,28H,6,8-9H2,1-4H3,(H,21,22,24,25). The Labute approximate surface area is 164 Å². The summed E-state index contributed by atoms with van der Waals surface area (Å²) in [6, 6.07) is 4.37. The first-order valence-corrected chi connectivity index (χ1v) is 9.81. The second-order valence-electron chi connectivity index (χ2n) is 7.77. The monoisotopic (exact) mass is 381 g/mol. The van der Waals surface area contributed by atoms with Gasteiger partial charge in [0.05, 0.1) is 17.8 Å². The molecule has 3 aromatic rings. The lowest BCUT2D eigenvalue weighted by Crippen LogP contribution is -2.43. The number of aryl methyl sites for hydroxylation is 1. The van der Waals surface area contributed by atoms with E-state index in [0.717, 1.165) is 42.1 Å². The van der Waals surface area contributed by atoms with Crippen molar-refractivity contribution in [3.8, 4) is 0 Å². The van der Waals surface area contributed by atoms with Gasteiger partial charge in [0.25, 0.3) is 0 Å². The number of nitrogens with zero attached hydrogens (tertiary/aromatic N) is 6. The van der Waals surface area contributed by atoms with Crippen LogP contribution in [0.25, 0.3) is 11.0 Å². The van der Waals surface area contributed by atoms with Crippen molar-refractivity contribution in [3.63, 3.8) is 0 Å². The Balaban J connectivity index is 1.60. The number of aromatic nitrogens is 5. The Morgan fingerprint density at radius 1 is 1.21 bits per heavy atom. The molecule has 1 aliphatic rings. The highest BCUT2D eigenvalue weighted by Gasteiger charge is 2.26. The van der Waals surface area contributed by atoms with E-state index in [9.17, 15) is 5.11 Å². The number of rotatable bonds is 4. The number of aliphatic hydroxyl groups excluding tert-OH is 1. The Morgan fingerprint density at radius 2 is 2.04 bits per heavy atom. The van der Waals surface area contributed by atoms with Gasteiger partial charge in [-0.05, 0) is 46.6 Å². The van der Waals surface area contributed by atoms with Crippen molar-refractivity contribution in [1.29, 1.82) is 0 Å². The van der Waals surface area contributed by atoms with Crippen molar-refractivity contribution in [1.82, 2.24) is 24.5 Å². The van der Waals surface area contributed by atoms with Gasteiger partial charge in [0.2, 0.25) is 5.95 Å². The smallest absolute Gasteiger partial charge is 0.227 e. The van der Waals surface area contributed by atoms with Crippen LogP contribution in [0.1, 0.15) is 45.5 Å². The van der Waals surface area contributed by atoms with Crippen LogP contribution in [0.4, 0.5) is 17.6 Å². The maximum Gasteiger partial charge on any atom is 0.227 e. The van der Waals surface area contributed by atoms with Crippen LogP contribution in [-0.2, 0) is 0 Å². The molecule has 8 heteroatoms. The lowest BCUT2D eigenvalue weighted by molar-refractivity contribution is 0.131. The first-order chi connectivity index (χ1) is 13.4. The molecule has 1 saturated heterocycles. The lowest BCUT2D eigenvalue weighted by atomic mass is 10.0. The highest BCUT2D eigenvalue weighted by Crippen LogP contribution is 2.25. The van der Waals surface area contributed by atoms with Crippen molar-refractivity contribution in [2.75, 3.05) is 16.8 Å². The van der Waals surface area contributed by atoms with E-state index in [4.69, 9.17) is 0 Å². The van der Waals surface area contributed by atoms with E-state index in [1.54, 1.807) is 12.4 Å². The third kappa shape index (κ3) is 3.52. The van der Waals surface area contributed by atoms with E-state index in [0.29, 0.717) is 17.8 Å². The molecule has 0 spiro atoms. The zero-order valence-electron chi connectivity index (χ0n) is 16.8. The number of piperidine rings is 1. The minimum Gasteiger partial charge on any atom is -0.393 e. The topological polar surface area (TPSA) is 92.0 Å². The molecule has 0 amide bonds. The molecule has 0 radical (unpaired) electrons. The van der Waals surface area contributed by atoms with Gasteiger partial charge in [-0.15, -0.1) is 0 Å². The molecule has 1 fully saturated rings. The molecule has 148 valence electrons. The molecule has 0 aliphatic carbocycles. The van der Waals surface area contributed by atoms with Crippen LogP contribution in [0, 0.1) is 6.92 Å². The van der Waals surface area contributed by atoms with Crippen molar-refractivity contribution in [2.24, 2.45) is 0 Å². The van der Waals surface area contributed by atoms with Gasteiger partial charge in [-0.3, -0.25) is 0 Å². The maximum absolute atomic E-state index is 9.85. The molecule has 0 aromatic carbocycles. The minimum atomic E-state index is -0.238. The molecule has 2 unspecified atom stereocenters. The summed E-state index contributed by atoms with van der Waals surface area (Å²) in [5.41, 5.74) is 1.94. The van der Waals surface area contributed by atoms with E-state index in [1.165, 1.54) is 0 Å². The Kier molecular flexibility index (Phi) is 4.89. The summed E-state index contributed by atoms with van der Waals surface area (Å²) in [4.78, 5) is 20.3. The maximum atomic E-state index is 9.85. The predicted octanol–water partition coefficient (Wildman–Crippen LogP) is 3.20. The van der Waals surface area contributed by atoms with E-state index >= 15 is 0 Å². The Bertz CT molecular complexity index is 984. The van der Waals surface area contributed by atoms with Gasteiger partial charge in [-0.25, -0.2) is 15.0 Å². The van der Waals surface area contributed by atoms with Gasteiger partial charge in [-0.1, -0.05) is 0 Å². The average Bonchev–Trinajstić information content (AvgIpc) is 2.97. The van der Waals surface area contributed by atoms with E-state index in [1.807, 2.05) is 19.1 Å². The number of aliphatic hydroxyl groups is 1. The predicted molar refractivity (Wildman–Crippen MR) is 110 cm³/mol. The molecule has 0 saturated carbocycles. The van der Waals surface area contributed by atoms with Gasteiger partial charge in [0.1, 0.15) is 23.0 Å². The molecular formula is C20H27N7O. The molecule has 2 atom stereocenters. The Hall–Kier alpha value is -2.74. The average molecular weight is 381 g/mol. The quantitative estimate of drug-likeness (QED) is 0.717. The van der Waals surface area contributed by atoms with Gasteiger partial charge in [0, 0.05) is 30.9 Å². The molecule has 3 aromatic heterocycles. The number of hydrogen-bond donors (Lipinski definition) is 2. The fraction of sp³-hybridized carbons (Fsp3) is 0.500. The zero-order chi connectivity index (χ0) is 19.8. The van der Waals surface area contributed by atoms with E-state index in [2.05, 4.69) is 55.5 Å². The number of fused-ring (bicyclic) bond motifs is 1. The van der Waals surface area contributed by atoms with Crippen molar-refractivity contribution < 1.29 is 5.11 Å². The summed E-state index contributed by atoms with van der Waals surface area (Å²) >= 11 is 0. The Morgan fingerprint density at radius 3 is 2.79 bits per heavy atom. The first-order valence-electron chi connectivity index (χ1n) is 9.81. The van der Waals surface area contributed by atoms with Crippen LogP contribution in [0.2, 0.25) is 0 Å². The number of nitrogens with one attached hydrogen (secondary N) is 1. The summed E-state index contributed by atoms with van der Waals surface area (Å²) in [7, 11) is 0. The molecule has 8 nitrogen and oxygen atoms in total. The van der Waals surface area contributed by atoms with Crippen LogP contribution in [0.3, 0.4) is 0 Å². The van der Waals surface area contributed by atoms with E-state index in [-0.39, 0.29) is 12.1 Å². The summed E-state index contributed by atoms with van der Waals surface area (Å²) in [6.45, 7) is 9.16. The van der Waals surface area contributed by atoms with Crippen LogP contribution < -0.4 is 10.2 Å². The molecule has 4 heterocycles. The highest BCUT2D eigenvalue weighted by atomic mass is 16.3. The van der Waals surface area contributed by atoms with Gasteiger partial charge < -0.3 is 19.9 Å². The molecule has 2 N–H and O–H groups in total. The van der Waals surface area contributed by atoms with Crippen LogP contribution in [-0.4, -0.2) is 48.3 Å². The number of imidazole rings is 1. The summed E-state index contributed by atoms with van der Waals surface area (Å²) in [5, 5.41) is 13.1. The third-order valence-corrected chi connectivity index (χ3v) is 5.27. The van der Waals surface area contributed by atoms with Crippen molar-refractivity contribution in [3.05, 3.63) is 30.4 Å². The van der Waals surface area contributed by atoms with Crippen molar-refractivity contribution >= 4 is 28.6 Å². The molecule has 1 aliphatic heterocycles. The molecule has 28 heavy (non-hydrogen) atoms. The van der Waals surface area contributed by atoms with Gasteiger partial charge in [-0.2, -0.15) is 4.98 Å². The SMILES string of the molecule is Cc1nc2cnc(Nc3ccnc(N4CCC(O)CC4C)n3)cc2n1C(C)C. The van der Waals surface area contributed by atoms with Crippen LogP contribution in [0.15, 0.2) is 24.5 Å². The number of hydrogen-bond acceptors (Lipinski definition) is 7. The molecule has 4 rings (SSSR count). The second-order valence-corrected chi connectivity index (χ2v) is 7.77. The van der Waals surface area contributed by atoms with Gasteiger partial charge >= 0.3 is 0 Å². The lowest BCUT2D eigenvalue weighted by Gasteiger charge is -2.35. The molecule has 0 bridgehead atoms. The second kappa shape index (κ2) is 7.35. The fourth-order valence-corrected chi connectivity index (χ4v) is 3.97. The zero-order valence-corrected chi connectivity index (χ0v) is 16.8. The number of pyridine rings is 1. The van der Waals surface area contributed by atoms with Gasteiger partial charge in [0.15, 0.2) is 0 Å². The largest absolute Gasteiger partial charge is 0.393 e. The number of anilines is 3. The van der Waals surface area contributed by atoms with Crippen molar-refractivity contribution in [2.45, 2.75) is 58.7 Å². The highest BCUT2D eigenvalue weighted by molar-refractivity contribution is 5.79. The summed E-state index contributed by atoms with van der Waals surface area (Å²) < 4.78 is 2.20. The van der Waals surface area contributed by atoms with E-state index < -0.39 is 0 Å². The summed E-state index contributed by atoms with van der Waals surface area (Å²) in [6.07, 6.45) is 4.78. The first kappa shape index (κ1) is 18.6. The third-order valence-electron chi connectivity index (χ3n) is 5.27. The molecular weight excluding hydrogens is 354 g/mol.